The van der Waals surface area contributed by atoms with Gasteiger partial charge in [-0.2, -0.15) is 5.10 Å². The van der Waals surface area contributed by atoms with Gasteiger partial charge in [0.25, 0.3) is 0 Å². The summed E-state index contributed by atoms with van der Waals surface area (Å²) < 4.78 is 7.32. The fraction of sp³-hybridized carbons (Fsp3) is 0.529. The third-order valence-electron chi connectivity index (χ3n) is 4.68. The monoisotopic (exact) mass is 327 g/mol. The maximum atomic E-state index is 11.5. The summed E-state index contributed by atoms with van der Waals surface area (Å²) in [5, 5.41) is 7.78. The Labute approximate surface area is 140 Å². The van der Waals surface area contributed by atoms with Gasteiger partial charge in [-0.15, -0.1) is 0 Å². The Balaban J connectivity index is 1.64. The van der Waals surface area contributed by atoms with Crippen molar-refractivity contribution in [1.82, 2.24) is 25.1 Å². The summed E-state index contributed by atoms with van der Waals surface area (Å²) >= 11 is 0. The zero-order valence-corrected chi connectivity index (χ0v) is 13.5. The van der Waals surface area contributed by atoms with Crippen molar-refractivity contribution in [2.75, 3.05) is 13.2 Å². The first-order valence-electron chi connectivity index (χ1n) is 8.53. The van der Waals surface area contributed by atoms with E-state index in [2.05, 4.69) is 10.3 Å². The minimum absolute atomic E-state index is 0.122. The molecule has 1 amide bonds. The van der Waals surface area contributed by atoms with Crippen LogP contribution in [0.4, 0.5) is 0 Å². The molecule has 4 heterocycles. The number of nitrogens with zero attached hydrogens (tertiary/aromatic N) is 4. The van der Waals surface area contributed by atoms with Crippen molar-refractivity contribution in [3.05, 3.63) is 36.2 Å². The van der Waals surface area contributed by atoms with Crippen molar-refractivity contribution in [2.45, 2.75) is 44.1 Å². The lowest BCUT2D eigenvalue weighted by atomic mass is 10.00. The number of rotatable bonds is 4. The molecule has 2 aromatic heterocycles. The molecule has 2 aromatic rings. The van der Waals surface area contributed by atoms with Crippen LogP contribution in [0.3, 0.4) is 0 Å². The van der Waals surface area contributed by atoms with Gasteiger partial charge >= 0.3 is 0 Å². The summed E-state index contributed by atoms with van der Waals surface area (Å²) in [6, 6.07) is 4.01. The third kappa shape index (κ3) is 3.17. The van der Waals surface area contributed by atoms with E-state index in [0.717, 1.165) is 49.8 Å². The molecule has 0 aromatic carbocycles. The first-order valence-corrected chi connectivity index (χ1v) is 8.53. The van der Waals surface area contributed by atoms with Crippen molar-refractivity contribution in [1.29, 1.82) is 0 Å². The fourth-order valence-corrected chi connectivity index (χ4v) is 3.36. The Morgan fingerprint density at radius 2 is 2.17 bits per heavy atom. The highest BCUT2D eigenvalue weighted by Gasteiger charge is 2.26. The Morgan fingerprint density at radius 1 is 1.29 bits per heavy atom. The molecule has 0 aliphatic carbocycles. The smallest absolute Gasteiger partial charge is 0.220 e. The standard InChI is InChI=1S/C17H21N5O2/c23-16-4-3-13(19-16)10-15-20-17(12-5-8-24-9-6-12)21-22(15)14-2-1-7-18-11-14/h1-2,7,11-13H,3-6,8-10H2,(H,19,23)/t13-/m1/s1. The number of carbonyl (C=O) groups is 1. The van der Waals surface area contributed by atoms with Crippen molar-refractivity contribution < 1.29 is 9.53 Å². The first kappa shape index (κ1) is 15.3. The lowest BCUT2D eigenvalue weighted by molar-refractivity contribution is -0.119. The normalized spacial score (nSPS) is 21.8. The van der Waals surface area contributed by atoms with Crippen molar-refractivity contribution >= 4 is 5.91 Å². The summed E-state index contributed by atoms with van der Waals surface area (Å²) in [4.78, 5) is 20.5. The summed E-state index contributed by atoms with van der Waals surface area (Å²) in [6.07, 6.45) is 7.59. The molecule has 7 heteroatoms. The van der Waals surface area contributed by atoms with Crippen LogP contribution in [-0.4, -0.2) is 44.9 Å². The molecule has 24 heavy (non-hydrogen) atoms. The highest BCUT2D eigenvalue weighted by atomic mass is 16.5. The minimum atomic E-state index is 0.122. The molecular formula is C17H21N5O2. The summed E-state index contributed by atoms with van der Waals surface area (Å²) in [5.74, 6) is 2.23. The average Bonchev–Trinajstić information content (AvgIpc) is 3.23. The van der Waals surface area contributed by atoms with Crippen LogP contribution in [0, 0.1) is 0 Å². The van der Waals surface area contributed by atoms with E-state index in [1.807, 2.05) is 16.8 Å². The average molecular weight is 327 g/mol. The Morgan fingerprint density at radius 3 is 2.88 bits per heavy atom. The molecule has 7 nitrogen and oxygen atoms in total. The number of nitrogens with one attached hydrogen (secondary N) is 1. The van der Waals surface area contributed by atoms with E-state index < -0.39 is 0 Å². The molecular weight excluding hydrogens is 306 g/mol. The van der Waals surface area contributed by atoms with Crippen LogP contribution in [0.5, 0.6) is 0 Å². The van der Waals surface area contributed by atoms with Crippen molar-refractivity contribution in [3.63, 3.8) is 0 Å². The number of amides is 1. The lowest BCUT2D eigenvalue weighted by Crippen LogP contribution is -2.28. The summed E-state index contributed by atoms with van der Waals surface area (Å²) in [5.41, 5.74) is 0.905. The number of ether oxygens (including phenoxy) is 1. The molecule has 2 aliphatic rings. The van der Waals surface area contributed by atoms with E-state index >= 15 is 0 Å². The van der Waals surface area contributed by atoms with Gasteiger partial charge in [-0.1, -0.05) is 0 Å². The van der Waals surface area contributed by atoms with Crippen LogP contribution in [0.25, 0.3) is 5.69 Å². The van der Waals surface area contributed by atoms with Crippen LogP contribution in [0.15, 0.2) is 24.5 Å². The van der Waals surface area contributed by atoms with E-state index in [4.69, 9.17) is 14.8 Å². The van der Waals surface area contributed by atoms with Gasteiger partial charge in [0.2, 0.25) is 5.91 Å². The lowest BCUT2D eigenvalue weighted by Gasteiger charge is -2.18. The molecule has 4 rings (SSSR count). The third-order valence-corrected chi connectivity index (χ3v) is 4.68. The first-order chi connectivity index (χ1) is 11.8. The molecule has 0 spiro atoms. The van der Waals surface area contributed by atoms with Crippen molar-refractivity contribution in [3.8, 4) is 5.69 Å². The van der Waals surface area contributed by atoms with E-state index in [1.54, 1.807) is 12.4 Å². The largest absolute Gasteiger partial charge is 0.381 e. The van der Waals surface area contributed by atoms with Crippen LogP contribution < -0.4 is 5.32 Å². The maximum absolute atomic E-state index is 11.5. The van der Waals surface area contributed by atoms with E-state index in [0.29, 0.717) is 18.8 Å². The highest BCUT2D eigenvalue weighted by Crippen LogP contribution is 2.26. The molecule has 0 radical (unpaired) electrons. The molecule has 0 bridgehead atoms. The quantitative estimate of drug-likeness (QED) is 0.917. The van der Waals surface area contributed by atoms with E-state index in [-0.39, 0.29) is 11.9 Å². The molecule has 1 atom stereocenters. The second kappa shape index (κ2) is 6.68. The van der Waals surface area contributed by atoms with Gasteiger partial charge in [0, 0.05) is 44.2 Å². The SMILES string of the molecule is O=C1CC[C@H](Cc2nc(C3CCOCC3)nn2-c2cccnc2)N1. The van der Waals surface area contributed by atoms with Crippen LogP contribution in [-0.2, 0) is 16.0 Å². The summed E-state index contributed by atoms with van der Waals surface area (Å²) in [6.45, 7) is 1.53. The van der Waals surface area contributed by atoms with Gasteiger partial charge in [0.15, 0.2) is 5.82 Å². The molecule has 0 saturated carbocycles. The zero-order valence-electron chi connectivity index (χ0n) is 13.5. The Hall–Kier alpha value is -2.28. The van der Waals surface area contributed by atoms with E-state index in [1.165, 1.54) is 0 Å². The minimum Gasteiger partial charge on any atom is -0.381 e. The van der Waals surface area contributed by atoms with E-state index in [9.17, 15) is 4.79 Å². The maximum Gasteiger partial charge on any atom is 0.220 e. The predicted molar refractivity (Wildman–Crippen MR) is 86.8 cm³/mol. The number of hydrogen-bond acceptors (Lipinski definition) is 5. The van der Waals surface area contributed by atoms with Crippen LogP contribution >= 0.6 is 0 Å². The second-order valence-corrected chi connectivity index (χ2v) is 6.40. The van der Waals surface area contributed by atoms with Gasteiger partial charge in [0.1, 0.15) is 5.82 Å². The molecule has 0 unspecified atom stereocenters. The number of aromatic nitrogens is 4. The van der Waals surface area contributed by atoms with Gasteiger partial charge in [0.05, 0.1) is 11.9 Å². The van der Waals surface area contributed by atoms with Gasteiger partial charge in [-0.3, -0.25) is 9.78 Å². The van der Waals surface area contributed by atoms with Gasteiger partial charge in [-0.05, 0) is 31.4 Å². The van der Waals surface area contributed by atoms with Crippen molar-refractivity contribution in [2.24, 2.45) is 0 Å². The molecule has 1 N–H and O–H groups in total. The molecule has 126 valence electrons. The van der Waals surface area contributed by atoms with Gasteiger partial charge < -0.3 is 10.1 Å². The molecule has 2 saturated heterocycles. The Bertz CT molecular complexity index is 709. The van der Waals surface area contributed by atoms with Gasteiger partial charge in [-0.25, -0.2) is 9.67 Å². The topological polar surface area (TPSA) is 81.9 Å². The number of carbonyl (C=O) groups excluding carboxylic acids is 1. The highest BCUT2D eigenvalue weighted by molar-refractivity contribution is 5.78. The number of hydrogen-bond donors (Lipinski definition) is 1. The summed E-state index contributed by atoms with van der Waals surface area (Å²) in [7, 11) is 0. The van der Waals surface area contributed by atoms with Crippen LogP contribution in [0.1, 0.15) is 43.3 Å². The Kier molecular flexibility index (Phi) is 4.25. The molecule has 2 fully saturated rings. The predicted octanol–water partition coefficient (Wildman–Crippen LogP) is 1.38. The number of pyridine rings is 1. The second-order valence-electron chi connectivity index (χ2n) is 6.40. The molecule has 2 aliphatic heterocycles. The fourth-order valence-electron chi connectivity index (χ4n) is 3.36. The zero-order chi connectivity index (χ0) is 16.4. The van der Waals surface area contributed by atoms with Crippen LogP contribution in [0.2, 0.25) is 0 Å².